The van der Waals surface area contributed by atoms with Gasteiger partial charge in [-0.05, 0) is 52.3 Å². The van der Waals surface area contributed by atoms with Crippen molar-refractivity contribution < 1.29 is 34.8 Å². The zero-order valence-electron chi connectivity index (χ0n) is 21.0. The van der Waals surface area contributed by atoms with Crippen LogP contribution in [0.5, 0.6) is 5.75 Å². The molecule has 1 aromatic rings. The summed E-state index contributed by atoms with van der Waals surface area (Å²) in [4.78, 5) is 42.7. The number of phenols is 1. The van der Waals surface area contributed by atoms with Gasteiger partial charge in [0.05, 0.1) is 28.0 Å². The molecule has 200 valence electrons. The number of carbonyl (C=O) groups excluding carboxylic acids is 3. The summed E-state index contributed by atoms with van der Waals surface area (Å²) in [6.45, 7) is 4.87. The quantitative estimate of drug-likeness (QED) is 0.182. The lowest BCUT2D eigenvalue weighted by molar-refractivity contribution is -0.148. The molecule has 0 aliphatic heterocycles. The molecule has 37 heavy (non-hydrogen) atoms. The molecule has 1 amide bonds. The normalized spacial score (nSPS) is 27.3. The lowest BCUT2D eigenvalue weighted by atomic mass is 9.58. The van der Waals surface area contributed by atoms with Crippen molar-refractivity contribution in [1.29, 1.82) is 0 Å². The minimum absolute atomic E-state index is 0.00773. The van der Waals surface area contributed by atoms with Crippen LogP contribution in [0.25, 0.3) is 0 Å². The van der Waals surface area contributed by atoms with Gasteiger partial charge in [0, 0.05) is 24.6 Å². The van der Waals surface area contributed by atoms with Gasteiger partial charge in [0.2, 0.25) is 5.78 Å². The van der Waals surface area contributed by atoms with Crippen molar-refractivity contribution in [2.45, 2.75) is 38.3 Å². The van der Waals surface area contributed by atoms with E-state index in [-0.39, 0.29) is 34.7 Å². The molecule has 3 aliphatic carbocycles. The third kappa shape index (κ3) is 3.44. The van der Waals surface area contributed by atoms with E-state index in [1.165, 1.54) is 4.90 Å². The molecule has 4 rings (SSSR count). The van der Waals surface area contributed by atoms with Gasteiger partial charge in [-0.1, -0.05) is 11.6 Å². The van der Waals surface area contributed by atoms with Crippen molar-refractivity contribution >= 4 is 40.4 Å². The van der Waals surface area contributed by atoms with E-state index in [9.17, 15) is 34.8 Å². The average molecular weight is 535 g/mol. The number of aliphatic hydroxyl groups is 3. The highest BCUT2D eigenvalue weighted by Crippen LogP contribution is 2.55. The predicted molar refractivity (Wildman–Crippen MR) is 137 cm³/mol. The van der Waals surface area contributed by atoms with E-state index in [4.69, 9.17) is 23.1 Å². The molecule has 0 fully saturated rings. The van der Waals surface area contributed by atoms with E-state index in [0.717, 1.165) is 0 Å². The van der Waals surface area contributed by atoms with Gasteiger partial charge in [0.15, 0.2) is 17.1 Å². The number of allylic oxidation sites excluding steroid dienone is 1. The predicted octanol–water partition coefficient (Wildman–Crippen LogP) is 1.20. The van der Waals surface area contributed by atoms with Gasteiger partial charge >= 0.3 is 0 Å². The first-order chi connectivity index (χ1) is 17.2. The molecule has 0 spiro atoms. The van der Waals surface area contributed by atoms with E-state index in [1.54, 1.807) is 14.1 Å². The molecular weight excluding hydrogens is 504 g/mol. The summed E-state index contributed by atoms with van der Waals surface area (Å²) in [5, 5.41) is 44.8. The molecule has 2 unspecified atom stereocenters. The van der Waals surface area contributed by atoms with Crippen LogP contribution in [-0.2, 0) is 16.0 Å². The zero-order chi connectivity index (χ0) is 27.7. The van der Waals surface area contributed by atoms with Gasteiger partial charge in [-0.3, -0.25) is 19.3 Å². The second kappa shape index (κ2) is 8.93. The van der Waals surface area contributed by atoms with Crippen LogP contribution in [0.2, 0.25) is 5.02 Å². The van der Waals surface area contributed by atoms with Crippen LogP contribution in [0.1, 0.15) is 36.2 Å². The molecule has 8 N–H and O–H groups in total. The second-order valence-corrected chi connectivity index (χ2v) is 10.3. The first kappa shape index (κ1) is 26.8. The van der Waals surface area contributed by atoms with E-state index in [1.807, 2.05) is 18.7 Å². The molecule has 0 bridgehead atoms. The molecule has 11 nitrogen and oxygen atoms in total. The summed E-state index contributed by atoms with van der Waals surface area (Å²) in [7, 11) is 3.15. The number of nitrogens with zero attached hydrogens (tertiary/aromatic N) is 2. The number of rotatable bonds is 5. The number of nitrogen functional groups attached to an aromatic ring is 1. The van der Waals surface area contributed by atoms with Crippen molar-refractivity contribution in [3.8, 4) is 5.75 Å². The summed E-state index contributed by atoms with van der Waals surface area (Å²) in [5.41, 5.74) is 8.18. The first-order valence-electron chi connectivity index (χ1n) is 12.0. The Labute approximate surface area is 218 Å². The number of nitrogens with two attached hydrogens (primary N) is 2. The number of primary amides is 1. The highest BCUT2D eigenvalue weighted by atomic mass is 35.5. The van der Waals surface area contributed by atoms with Gasteiger partial charge in [-0.25, -0.2) is 0 Å². The number of phenolic OH excluding ortho intramolecular Hbond substituents is 1. The summed E-state index contributed by atoms with van der Waals surface area (Å²) >= 11 is 6.55. The number of hydrogen-bond donors (Lipinski definition) is 6. The maximum atomic E-state index is 13.8. The van der Waals surface area contributed by atoms with Crippen LogP contribution in [-0.4, -0.2) is 81.6 Å². The highest BCUT2D eigenvalue weighted by molar-refractivity contribution is 6.37. The zero-order valence-corrected chi connectivity index (χ0v) is 21.8. The van der Waals surface area contributed by atoms with Crippen molar-refractivity contribution in [3.63, 3.8) is 0 Å². The lowest BCUT2D eigenvalue weighted by Crippen LogP contribution is -2.63. The fraction of sp³-hybridized carbons (Fsp3) is 0.480. The molecule has 0 aromatic heterocycles. The van der Waals surface area contributed by atoms with Crippen LogP contribution in [0.4, 0.5) is 11.4 Å². The van der Waals surface area contributed by atoms with Gasteiger partial charge in [0.1, 0.15) is 17.1 Å². The standard InChI is InChI=1S/C25H31ClN4O7/c1-5-30(6-2)17-10-7-9-8-11-18(29(3)4)21(33)14(24(28)36)23(35)25(11,37)22(34)12(9)19(31)13(10)20(32)16(27)15(17)26/h9,11,18,32-34,37H,5-8,27H2,1-4H3,(H2,28,36)/t9?,11?,18-,25-/m0/s1. The van der Waals surface area contributed by atoms with Crippen molar-refractivity contribution in [2.75, 3.05) is 37.8 Å². The smallest absolute Gasteiger partial charge is 0.255 e. The number of ketones is 2. The first-order valence-corrected chi connectivity index (χ1v) is 12.4. The molecular formula is C25H31ClN4O7. The topological polar surface area (TPSA) is 191 Å². The number of benzene rings is 1. The van der Waals surface area contributed by atoms with E-state index >= 15 is 0 Å². The number of carbonyl (C=O) groups is 3. The van der Waals surface area contributed by atoms with Gasteiger partial charge < -0.3 is 36.8 Å². The van der Waals surface area contributed by atoms with Gasteiger partial charge in [-0.15, -0.1) is 0 Å². The second-order valence-electron chi connectivity index (χ2n) is 9.91. The number of hydrogen-bond acceptors (Lipinski definition) is 10. The summed E-state index contributed by atoms with van der Waals surface area (Å²) < 4.78 is 0. The van der Waals surface area contributed by atoms with Gasteiger partial charge in [-0.2, -0.15) is 0 Å². The van der Waals surface area contributed by atoms with E-state index in [0.29, 0.717) is 24.3 Å². The van der Waals surface area contributed by atoms with Crippen LogP contribution < -0.4 is 16.4 Å². The Morgan fingerprint density at radius 2 is 1.76 bits per heavy atom. The SMILES string of the molecule is CCN(CC)c1c(Cl)c(N)c(O)c2c1CC1CC3[C@H](N(C)C)C(O)=C(C(N)=O)C(=O)[C@@]3(O)C(O)=C1C2=O. The highest BCUT2D eigenvalue weighted by Gasteiger charge is 2.63. The van der Waals surface area contributed by atoms with Crippen molar-refractivity contribution in [3.05, 3.63) is 38.8 Å². The van der Waals surface area contributed by atoms with E-state index < -0.39 is 63.8 Å². The molecule has 0 radical (unpaired) electrons. The number of anilines is 2. The third-order valence-corrected chi connectivity index (χ3v) is 8.30. The van der Waals surface area contributed by atoms with Crippen LogP contribution in [0.15, 0.2) is 22.7 Å². The van der Waals surface area contributed by atoms with Crippen LogP contribution in [0.3, 0.4) is 0 Å². The monoisotopic (exact) mass is 534 g/mol. The molecule has 3 aliphatic rings. The summed E-state index contributed by atoms with van der Waals surface area (Å²) in [5.74, 6) is -7.26. The largest absolute Gasteiger partial charge is 0.510 e. The fourth-order valence-electron chi connectivity index (χ4n) is 6.22. The summed E-state index contributed by atoms with van der Waals surface area (Å²) in [6, 6.07) is -1.06. The fourth-order valence-corrected chi connectivity index (χ4v) is 6.55. The Morgan fingerprint density at radius 1 is 1.16 bits per heavy atom. The third-order valence-electron chi connectivity index (χ3n) is 7.92. The molecule has 0 saturated carbocycles. The van der Waals surface area contributed by atoms with E-state index in [2.05, 4.69) is 0 Å². The number of likely N-dealkylation sites (N-methyl/N-ethyl adjacent to an activating group) is 1. The van der Waals surface area contributed by atoms with Crippen molar-refractivity contribution in [1.82, 2.24) is 4.90 Å². The minimum Gasteiger partial charge on any atom is -0.510 e. The number of Topliss-reactive ketones (excluding diaryl/α,β-unsaturated/α-hetero) is 2. The number of halogens is 1. The number of amides is 1. The Balaban J connectivity index is 2.01. The minimum atomic E-state index is -2.69. The van der Waals surface area contributed by atoms with Gasteiger partial charge in [0.25, 0.3) is 5.91 Å². The molecule has 0 heterocycles. The number of fused-ring (bicyclic) bond motifs is 3. The van der Waals surface area contributed by atoms with Crippen LogP contribution in [0, 0.1) is 11.8 Å². The maximum Gasteiger partial charge on any atom is 0.255 e. The molecule has 12 heteroatoms. The Morgan fingerprint density at radius 3 is 2.27 bits per heavy atom. The Hall–Kier alpha value is -3.28. The molecule has 1 aromatic carbocycles. The van der Waals surface area contributed by atoms with Crippen LogP contribution >= 0.6 is 11.6 Å². The lowest BCUT2D eigenvalue weighted by Gasteiger charge is -2.50. The molecule has 0 saturated heterocycles. The van der Waals surface area contributed by atoms with Crippen molar-refractivity contribution in [2.24, 2.45) is 17.6 Å². The Kier molecular flexibility index (Phi) is 6.46. The molecule has 4 atom stereocenters. The number of aliphatic hydroxyl groups excluding tert-OH is 2. The Bertz CT molecular complexity index is 1300. The average Bonchev–Trinajstić information content (AvgIpc) is 2.82. The maximum absolute atomic E-state index is 13.8. The summed E-state index contributed by atoms with van der Waals surface area (Å²) in [6.07, 6.45) is 0.125. The number of aromatic hydroxyl groups is 1.